The summed E-state index contributed by atoms with van der Waals surface area (Å²) in [6.07, 6.45) is 1.42. The van der Waals surface area contributed by atoms with Crippen molar-refractivity contribution in [3.8, 4) is 0 Å². The fraction of sp³-hybridized carbons (Fsp3) is 0.857. The number of carboxylic acid groups (broad SMARTS) is 1. The number of nitrogens with zero attached hydrogens (tertiary/aromatic N) is 1. The molecule has 0 bridgehead atoms. The van der Waals surface area contributed by atoms with E-state index in [9.17, 15) is 9.59 Å². The van der Waals surface area contributed by atoms with E-state index >= 15 is 0 Å². The lowest BCUT2D eigenvalue weighted by molar-refractivity contribution is -0.142. The number of hydrogen-bond acceptors (Lipinski definition) is 3. The van der Waals surface area contributed by atoms with Crippen LogP contribution in [0.5, 0.6) is 0 Å². The van der Waals surface area contributed by atoms with Crippen LogP contribution in [0.1, 0.15) is 33.6 Å². The molecular formula is C14H29N3O3. The van der Waals surface area contributed by atoms with Crippen LogP contribution in [0.2, 0.25) is 0 Å². The molecule has 2 atom stereocenters. The Kier molecular flexibility index (Phi) is 8.96. The van der Waals surface area contributed by atoms with E-state index in [0.29, 0.717) is 12.3 Å². The van der Waals surface area contributed by atoms with Crippen molar-refractivity contribution in [2.75, 3.05) is 27.2 Å². The summed E-state index contributed by atoms with van der Waals surface area (Å²) in [6, 6.07) is -0.239. The molecule has 3 N–H and O–H groups in total. The summed E-state index contributed by atoms with van der Waals surface area (Å²) in [7, 11) is 3.96. The molecule has 0 aromatic rings. The van der Waals surface area contributed by atoms with E-state index in [4.69, 9.17) is 5.11 Å². The van der Waals surface area contributed by atoms with Crippen molar-refractivity contribution in [2.24, 2.45) is 11.8 Å². The average Bonchev–Trinajstić information content (AvgIpc) is 2.31. The minimum atomic E-state index is -0.861. The van der Waals surface area contributed by atoms with Crippen molar-refractivity contribution >= 4 is 12.0 Å². The monoisotopic (exact) mass is 287 g/mol. The van der Waals surface area contributed by atoms with Crippen LogP contribution in [0.15, 0.2) is 0 Å². The lowest BCUT2D eigenvalue weighted by Gasteiger charge is -2.19. The highest BCUT2D eigenvalue weighted by atomic mass is 16.4. The topological polar surface area (TPSA) is 81.7 Å². The second-order valence-corrected chi connectivity index (χ2v) is 6.01. The zero-order chi connectivity index (χ0) is 15.7. The van der Waals surface area contributed by atoms with Gasteiger partial charge in [0.15, 0.2) is 0 Å². The predicted molar refractivity (Wildman–Crippen MR) is 79.7 cm³/mol. The third kappa shape index (κ3) is 9.61. The summed E-state index contributed by atoms with van der Waals surface area (Å²) in [5.41, 5.74) is 0. The Morgan fingerprint density at radius 3 is 2.25 bits per heavy atom. The fourth-order valence-corrected chi connectivity index (χ4v) is 1.86. The third-order valence-electron chi connectivity index (χ3n) is 3.00. The molecule has 2 amide bonds. The number of amides is 2. The maximum absolute atomic E-state index is 11.7. The molecule has 20 heavy (non-hydrogen) atoms. The second kappa shape index (κ2) is 9.58. The molecular weight excluding hydrogens is 258 g/mol. The number of carbonyl (C=O) groups is 2. The summed E-state index contributed by atoms with van der Waals surface area (Å²) < 4.78 is 0. The zero-order valence-electron chi connectivity index (χ0n) is 13.3. The molecule has 0 aliphatic carbocycles. The van der Waals surface area contributed by atoms with Gasteiger partial charge in [-0.15, -0.1) is 0 Å². The maximum atomic E-state index is 11.7. The molecule has 6 heteroatoms. The molecule has 0 heterocycles. The predicted octanol–water partition coefficient (Wildman–Crippen LogP) is 1.37. The van der Waals surface area contributed by atoms with E-state index in [1.54, 1.807) is 0 Å². The molecule has 0 aromatic carbocycles. The van der Waals surface area contributed by atoms with Gasteiger partial charge >= 0.3 is 12.0 Å². The van der Waals surface area contributed by atoms with Crippen LogP contribution >= 0.6 is 0 Å². The highest BCUT2D eigenvalue weighted by molar-refractivity contribution is 5.76. The highest BCUT2D eigenvalue weighted by Crippen LogP contribution is 2.10. The minimum absolute atomic E-state index is 0.0609. The minimum Gasteiger partial charge on any atom is -0.481 e. The van der Waals surface area contributed by atoms with Crippen LogP contribution in [-0.2, 0) is 4.79 Å². The molecule has 2 unspecified atom stereocenters. The third-order valence-corrected chi connectivity index (χ3v) is 3.00. The van der Waals surface area contributed by atoms with E-state index < -0.39 is 11.9 Å². The first-order valence-corrected chi connectivity index (χ1v) is 7.14. The molecule has 0 radical (unpaired) electrons. The van der Waals surface area contributed by atoms with Gasteiger partial charge in [-0.3, -0.25) is 4.79 Å². The van der Waals surface area contributed by atoms with Gasteiger partial charge in [-0.05, 0) is 46.3 Å². The van der Waals surface area contributed by atoms with Gasteiger partial charge in [0, 0.05) is 12.6 Å². The Balaban J connectivity index is 4.03. The first-order valence-electron chi connectivity index (χ1n) is 7.14. The maximum Gasteiger partial charge on any atom is 0.315 e. The number of rotatable bonds is 9. The number of carbonyl (C=O) groups excluding carboxylic acids is 1. The second-order valence-electron chi connectivity index (χ2n) is 6.01. The smallest absolute Gasteiger partial charge is 0.315 e. The summed E-state index contributed by atoms with van der Waals surface area (Å²) in [4.78, 5) is 24.8. The van der Waals surface area contributed by atoms with E-state index in [-0.39, 0.29) is 18.6 Å². The van der Waals surface area contributed by atoms with Crippen LogP contribution in [0, 0.1) is 11.8 Å². The van der Waals surface area contributed by atoms with Gasteiger partial charge in [-0.25, -0.2) is 4.79 Å². The Morgan fingerprint density at radius 2 is 1.80 bits per heavy atom. The van der Waals surface area contributed by atoms with E-state index in [1.165, 1.54) is 0 Å². The molecule has 0 spiro atoms. The normalized spacial score (nSPS) is 14.2. The Hall–Kier alpha value is -1.30. The summed E-state index contributed by atoms with van der Waals surface area (Å²) in [6.45, 7) is 6.94. The van der Waals surface area contributed by atoms with Crippen LogP contribution < -0.4 is 10.6 Å². The molecule has 0 aromatic heterocycles. The van der Waals surface area contributed by atoms with Gasteiger partial charge in [-0.2, -0.15) is 0 Å². The SMILES string of the molecule is CC(C)CC(CNC(=O)NC(C)CCN(C)C)C(=O)O. The van der Waals surface area contributed by atoms with Crippen molar-refractivity contribution in [2.45, 2.75) is 39.7 Å². The fourth-order valence-electron chi connectivity index (χ4n) is 1.86. The van der Waals surface area contributed by atoms with Crippen molar-refractivity contribution < 1.29 is 14.7 Å². The molecule has 6 nitrogen and oxygen atoms in total. The largest absolute Gasteiger partial charge is 0.481 e. The first-order chi connectivity index (χ1) is 9.22. The molecule has 0 saturated heterocycles. The number of carboxylic acids is 1. The Bertz CT molecular complexity index is 306. The van der Waals surface area contributed by atoms with Crippen LogP contribution in [0.4, 0.5) is 4.79 Å². The number of urea groups is 1. The van der Waals surface area contributed by atoms with Crippen LogP contribution in [0.3, 0.4) is 0 Å². The lowest BCUT2D eigenvalue weighted by Crippen LogP contribution is -2.44. The van der Waals surface area contributed by atoms with Crippen LogP contribution in [-0.4, -0.2) is 55.2 Å². The first kappa shape index (κ1) is 18.7. The zero-order valence-corrected chi connectivity index (χ0v) is 13.3. The van der Waals surface area contributed by atoms with E-state index in [0.717, 1.165) is 13.0 Å². The van der Waals surface area contributed by atoms with Crippen molar-refractivity contribution in [3.05, 3.63) is 0 Å². The average molecular weight is 287 g/mol. The number of nitrogens with one attached hydrogen (secondary N) is 2. The van der Waals surface area contributed by atoms with Gasteiger partial charge in [0.1, 0.15) is 0 Å². The van der Waals surface area contributed by atoms with E-state index in [2.05, 4.69) is 15.5 Å². The highest BCUT2D eigenvalue weighted by Gasteiger charge is 2.19. The van der Waals surface area contributed by atoms with E-state index in [1.807, 2.05) is 34.9 Å². The summed E-state index contributed by atoms with van der Waals surface area (Å²) in [5.74, 6) is -1.10. The standard InChI is InChI=1S/C14H29N3O3/c1-10(2)8-12(13(18)19)9-15-14(20)16-11(3)6-7-17(4)5/h10-12H,6-9H2,1-5H3,(H,18,19)(H2,15,16,20). The van der Waals surface area contributed by atoms with Gasteiger partial charge in [0.05, 0.1) is 5.92 Å². The molecule has 0 fully saturated rings. The van der Waals surface area contributed by atoms with Crippen molar-refractivity contribution in [3.63, 3.8) is 0 Å². The van der Waals surface area contributed by atoms with Gasteiger partial charge in [0.25, 0.3) is 0 Å². The molecule has 118 valence electrons. The quantitative estimate of drug-likeness (QED) is 0.598. The lowest BCUT2D eigenvalue weighted by atomic mass is 9.97. The molecule has 0 rings (SSSR count). The summed E-state index contributed by atoms with van der Waals surface area (Å²) in [5, 5.41) is 14.5. The molecule has 0 aliphatic heterocycles. The Labute approximate surface area is 121 Å². The Morgan fingerprint density at radius 1 is 1.20 bits per heavy atom. The number of hydrogen-bond donors (Lipinski definition) is 3. The molecule has 0 saturated carbocycles. The number of aliphatic carboxylic acids is 1. The summed E-state index contributed by atoms with van der Waals surface area (Å²) >= 11 is 0. The molecule has 0 aliphatic rings. The van der Waals surface area contributed by atoms with Gasteiger partial charge in [-0.1, -0.05) is 13.8 Å². The van der Waals surface area contributed by atoms with Gasteiger partial charge < -0.3 is 20.6 Å². The van der Waals surface area contributed by atoms with Crippen molar-refractivity contribution in [1.82, 2.24) is 15.5 Å². The van der Waals surface area contributed by atoms with Gasteiger partial charge in [0.2, 0.25) is 0 Å². The van der Waals surface area contributed by atoms with Crippen molar-refractivity contribution in [1.29, 1.82) is 0 Å². The van der Waals surface area contributed by atoms with Crippen LogP contribution in [0.25, 0.3) is 0 Å².